The van der Waals surface area contributed by atoms with Crippen LogP contribution in [0.5, 0.6) is 0 Å². The maximum absolute atomic E-state index is 5.93. The van der Waals surface area contributed by atoms with E-state index in [1.54, 1.807) is 0 Å². The Bertz CT molecular complexity index is 364. The molecule has 1 fully saturated rings. The number of hydrogen-bond donors (Lipinski definition) is 1. The quantitative estimate of drug-likeness (QED) is 0.762. The van der Waals surface area contributed by atoms with Crippen LogP contribution in [0.2, 0.25) is 5.02 Å². The highest BCUT2D eigenvalue weighted by Crippen LogP contribution is 2.22. The van der Waals surface area contributed by atoms with Crippen LogP contribution in [0, 0.1) is 5.92 Å². The molecule has 0 bridgehead atoms. The minimum atomic E-state index is 0.645. The van der Waals surface area contributed by atoms with Gasteiger partial charge >= 0.3 is 0 Å². The fraction of sp³-hybridized carbons (Fsp3) is 0.625. The Kier molecular flexibility index (Phi) is 6.69. The summed E-state index contributed by atoms with van der Waals surface area (Å²) in [5.74, 6) is 0.890. The highest BCUT2D eigenvalue weighted by Gasteiger charge is 2.12. The molecule has 1 aromatic carbocycles. The molecule has 0 radical (unpaired) electrons. The minimum Gasteiger partial charge on any atom is -0.375 e. The molecule has 0 aliphatic heterocycles. The second-order valence-electron chi connectivity index (χ2n) is 5.39. The topological polar surface area (TPSA) is 21.3 Å². The lowest BCUT2D eigenvalue weighted by Gasteiger charge is -2.21. The summed E-state index contributed by atoms with van der Waals surface area (Å²) in [5, 5.41) is 4.28. The lowest BCUT2D eigenvalue weighted by molar-refractivity contribution is 0.121. The van der Waals surface area contributed by atoms with Crippen LogP contribution in [0.25, 0.3) is 0 Å². The lowest BCUT2D eigenvalue weighted by atomic mass is 9.89. The van der Waals surface area contributed by atoms with Gasteiger partial charge in [-0.1, -0.05) is 43.0 Å². The van der Waals surface area contributed by atoms with Crippen molar-refractivity contribution < 1.29 is 4.74 Å². The van der Waals surface area contributed by atoms with Gasteiger partial charge in [-0.25, -0.2) is 0 Å². The number of ether oxygens (including phenoxy) is 1. The van der Waals surface area contributed by atoms with Gasteiger partial charge in [-0.15, -0.1) is 0 Å². The Morgan fingerprint density at radius 2 is 2.05 bits per heavy atom. The summed E-state index contributed by atoms with van der Waals surface area (Å²) in [6, 6.07) is 7.84. The number of benzene rings is 1. The van der Waals surface area contributed by atoms with Crippen molar-refractivity contribution in [1.82, 2.24) is 5.32 Å². The molecule has 0 aromatic heterocycles. The third-order valence-electron chi connectivity index (χ3n) is 3.74. The highest BCUT2D eigenvalue weighted by molar-refractivity contribution is 6.30. The molecule has 0 atom stereocenters. The fourth-order valence-corrected chi connectivity index (χ4v) is 2.87. The van der Waals surface area contributed by atoms with Gasteiger partial charge in [0.25, 0.3) is 0 Å². The van der Waals surface area contributed by atoms with E-state index in [4.69, 9.17) is 16.3 Å². The molecule has 3 heteroatoms. The summed E-state index contributed by atoms with van der Waals surface area (Å²) in [6.07, 6.45) is 7.06. The summed E-state index contributed by atoms with van der Waals surface area (Å²) in [6.45, 7) is 3.50. The van der Waals surface area contributed by atoms with Gasteiger partial charge in [0.1, 0.15) is 0 Å². The predicted molar refractivity (Wildman–Crippen MR) is 80.6 cm³/mol. The van der Waals surface area contributed by atoms with E-state index in [1.165, 1.54) is 32.1 Å². The van der Waals surface area contributed by atoms with E-state index in [1.807, 2.05) is 24.3 Å². The van der Waals surface area contributed by atoms with Crippen molar-refractivity contribution >= 4 is 11.6 Å². The lowest BCUT2D eigenvalue weighted by Crippen LogP contribution is -2.27. The number of rotatable bonds is 7. The molecule has 0 amide bonds. The van der Waals surface area contributed by atoms with Crippen LogP contribution in [-0.2, 0) is 11.3 Å². The Labute approximate surface area is 121 Å². The molecule has 1 aliphatic carbocycles. The van der Waals surface area contributed by atoms with Gasteiger partial charge in [0.05, 0.1) is 13.2 Å². The van der Waals surface area contributed by atoms with Gasteiger partial charge in [0.2, 0.25) is 0 Å². The fourth-order valence-electron chi connectivity index (χ4n) is 2.66. The van der Waals surface area contributed by atoms with Crippen LogP contribution < -0.4 is 5.32 Å². The van der Waals surface area contributed by atoms with Crippen molar-refractivity contribution in [2.24, 2.45) is 5.92 Å². The zero-order valence-corrected chi connectivity index (χ0v) is 12.3. The average Bonchev–Trinajstić information content (AvgIpc) is 2.44. The molecule has 1 aromatic rings. The van der Waals surface area contributed by atoms with Crippen LogP contribution in [0.1, 0.15) is 37.7 Å². The van der Waals surface area contributed by atoms with Gasteiger partial charge in [-0.05, 0) is 43.0 Å². The van der Waals surface area contributed by atoms with Crippen molar-refractivity contribution in [1.29, 1.82) is 0 Å². The molecular weight excluding hydrogens is 258 g/mol. The molecule has 1 N–H and O–H groups in total. The zero-order chi connectivity index (χ0) is 13.3. The van der Waals surface area contributed by atoms with Crippen molar-refractivity contribution in [2.75, 3.05) is 19.7 Å². The molecule has 106 valence electrons. The second kappa shape index (κ2) is 8.57. The van der Waals surface area contributed by atoms with Crippen LogP contribution >= 0.6 is 11.6 Å². The third kappa shape index (κ3) is 5.94. The summed E-state index contributed by atoms with van der Waals surface area (Å²) in [5.41, 5.74) is 1.14. The Morgan fingerprint density at radius 1 is 1.21 bits per heavy atom. The number of hydrogen-bond acceptors (Lipinski definition) is 2. The van der Waals surface area contributed by atoms with Gasteiger partial charge in [-0.3, -0.25) is 0 Å². The predicted octanol–water partition coefficient (Wildman–Crippen LogP) is 4.03. The van der Waals surface area contributed by atoms with Crippen molar-refractivity contribution in [2.45, 2.75) is 38.7 Å². The van der Waals surface area contributed by atoms with E-state index in [2.05, 4.69) is 5.32 Å². The minimum absolute atomic E-state index is 0.645. The second-order valence-corrected chi connectivity index (χ2v) is 5.83. The van der Waals surface area contributed by atoms with Crippen LogP contribution in [-0.4, -0.2) is 19.7 Å². The maximum atomic E-state index is 5.93. The first-order valence-electron chi connectivity index (χ1n) is 7.37. The molecule has 1 saturated carbocycles. The summed E-state index contributed by atoms with van der Waals surface area (Å²) < 4.78 is 5.64. The van der Waals surface area contributed by atoms with Gasteiger partial charge in [0.15, 0.2) is 0 Å². The molecule has 0 unspecified atom stereocenters. The maximum Gasteiger partial charge on any atom is 0.0718 e. The monoisotopic (exact) mass is 281 g/mol. The van der Waals surface area contributed by atoms with E-state index in [0.717, 1.165) is 36.2 Å². The smallest absolute Gasteiger partial charge is 0.0718 e. The highest BCUT2D eigenvalue weighted by atomic mass is 35.5. The van der Waals surface area contributed by atoms with Crippen molar-refractivity contribution in [3.05, 3.63) is 34.9 Å². The molecule has 1 aliphatic rings. The number of halogens is 1. The van der Waals surface area contributed by atoms with E-state index in [9.17, 15) is 0 Å². The van der Waals surface area contributed by atoms with E-state index < -0.39 is 0 Å². The largest absolute Gasteiger partial charge is 0.375 e. The van der Waals surface area contributed by atoms with Crippen molar-refractivity contribution in [3.8, 4) is 0 Å². The number of nitrogens with one attached hydrogen (secondary N) is 1. The normalized spacial score (nSPS) is 16.7. The molecule has 0 spiro atoms. The Balaban J connectivity index is 1.50. The first-order chi connectivity index (χ1) is 9.34. The van der Waals surface area contributed by atoms with E-state index in [-0.39, 0.29) is 0 Å². The molecule has 0 saturated heterocycles. The summed E-state index contributed by atoms with van der Waals surface area (Å²) >= 11 is 5.93. The SMILES string of the molecule is Clc1cccc(COCCNCC2CCCCC2)c1. The van der Waals surface area contributed by atoms with Crippen LogP contribution in [0.4, 0.5) is 0 Å². The Morgan fingerprint density at radius 3 is 2.84 bits per heavy atom. The molecule has 19 heavy (non-hydrogen) atoms. The van der Waals surface area contributed by atoms with Crippen molar-refractivity contribution in [3.63, 3.8) is 0 Å². The van der Waals surface area contributed by atoms with Crippen LogP contribution in [0.15, 0.2) is 24.3 Å². The molecule has 2 nitrogen and oxygen atoms in total. The Hall–Kier alpha value is -0.570. The molecule has 2 rings (SSSR count). The zero-order valence-electron chi connectivity index (χ0n) is 11.5. The first kappa shape index (κ1) is 14.8. The standard InChI is InChI=1S/C16H24ClNO/c17-16-8-4-7-15(11-16)13-19-10-9-18-12-14-5-2-1-3-6-14/h4,7-8,11,14,18H,1-3,5-6,9-10,12-13H2. The third-order valence-corrected chi connectivity index (χ3v) is 3.97. The molecule has 0 heterocycles. The van der Waals surface area contributed by atoms with Gasteiger partial charge < -0.3 is 10.1 Å². The first-order valence-corrected chi connectivity index (χ1v) is 7.75. The summed E-state index contributed by atoms with van der Waals surface area (Å²) in [4.78, 5) is 0. The van der Waals surface area contributed by atoms with Gasteiger partial charge in [-0.2, -0.15) is 0 Å². The average molecular weight is 282 g/mol. The van der Waals surface area contributed by atoms with E-state index in [0.29, 0.717) is 6.61 Å². The molecular formula is C16H24ClNO. The van der Waals surface area contributed by atoms with Gasteiger partial charge in [0, 0.05) is 11.6 Å². The summed E-state index contributed by atoms with van der Waals surface area (Å²) in [7, 11) is 0. The van der Waals surface area contributed by atoms with E-state index >= 15 is 0 Å². The van der Waals surface area contributed by atoms with Crippen LogP contribution in [0.3, 0.4) is 0 Å².